The third-order valence-corrected chi connectivity index (χ3v) is 5.33. The molecule has 0 fully saturated rings. The lowest BCUT2D eigenvalue weighted by Crippen LogP contribution is -2.30. The van der Waals surface area contributed by atoms with Crippen molar-refractivity contribution in [1.82, 2.24) is 15.1 Å². The summed E-state index contributed by atoms with van der Waals surface area (Å²) in [6.07, 6.45) is 0.793. The van der Waals surface area contributed by atoms with Crippen molar-refractivity contribution in [2.45, 2.75) is 33.2 Å². The molecule has 1 aliphatic heterocycles. The standard InChI is InChI=1S/C23H25N3O4/c1-4-10-26-22(14-7-9-17(28)18(12-14)30-5-2)19-20(24-25-21(19)23(26)29)15-11-13(3)6-8-16(15)27/h6-9,11-12,22,27-28H,4-5,10H2,1-3H3,(H,24,25)/t22-/m1/s1. The van der Waals surface area contributed by atoms with Crippen molar-refractivity contribution in [1.29, 1.82) is 0 Å². The van der Waals surface area contributed by atoms with Gasteiger partial charge in [0.25, 0.3) is 5.91 Å². The number of aromatic nitrogens is 2. The Labute approximate surface area is 174 Å². The molecular formula is C23H25N3O4. The van der Waals surface area contributed by atoms with Gasteiger partial charge in [-0.15, -0.1) is 0 Å². The largest absolute Gasteiger partial charge is 0.507 e. The molecule has 1 aliphatic rings. The number of amides is 1. The highest BCUT2D eigenvalue weighted by molar-refractivity contribution is 6.00. The number of hydrogen-bond acceptors (Lipinski definition) is 5. The third-order valence-electron chi connectivity index (χ3n) is 5.33. The Balaban J connectivity index is 1.91. The number of carbonyl (C=O) groups is 1. The first-order valence-corrected chi connectivity index (χ1v) is 10.1. The number of phenols is 2. The topological polar surface area (TPSA) is 98.7 Å². The molecule has 0 saturated heterocycles. The second-order valence-corrected chi connectivity index (χ2v) is 7.44. The van der Waals surface area contributed by atoms with Crippen LogP contribution in [0.15, 0.2) is 36.4 Å². The lowest BCUT2D eigenvalue weighted by atomic mass is 9.94. The van der Waals surface area contributed by atoms with Gasteiger partial charge in [-0.1, -0.05) is 24.6 Å². The van der Waals surface area contributed by atoms with E-state index in [-0.39, 0.29) is 17.4 Å². The number of phenolic OH excluding ortho intramolecular Hbond substituents is 2. The molecule has 30 heavy (non-hydrogen) atoms. The molecule has 0 saturated carbocycles. The molecule has 0 unspecified atom stereocenters. The van der Waals surface area contributed by atoms with Gasteiger partial charge in [-0.2, -0.15) is 5.10 Å². The Morgan fingerprint density at radius 1 is 1.13 bits per heavy atom. The zero-order valence-corrected chi connectivity index (χ0v) is 17.3. The number of benzene rings is 2. The van der Waals surface area contributed by atoms with Gasteiger partial charge < -0.3 is 19.8 Å². The summed E-state index contributed by atoms with van der Waals surface area (Å²) in [7, 11) is 0. The van der Waals surface area contributed by atoms with Gasteiger partial charge in [0, 0.05) is 17.7 Å². The summed E-state index contributed by atoms with van der Waals surface area (Å²) in [5.74, 6) is 0.399. The lowest BCUT2D eigenvalue weighted by Gasteiger charge is -2.26. The number of aromatic hydroxyl groups is 2. The summed E-state index contributed by atoms with van der Waals surface area (Å²) < 4.78 is 5.56. The first kappa shape index (κ1) is 19.8. The van der Waals surface area contributed by atoms with Crippen molar-refractivity contribution in [2.75, 3.05) is 13.2 Å². The number of H-pyrrole nitrogens is 1. The SMILES string of the molecule is CCCN1C(=O)c2[nH]nc(-c3cc(C)ccc3O)c2[C@H]1c1ccc(O)c(OCC)c1. The maximum atomic E-state index is 13.2. The van der Waals surface area contributed by atoms with Crippen LogP contribution in [0.2, 0.25) is 0 Å². The zero-order valence-electron chi connectivity index (χ0n) is 17.3. The fourth-order valence-corrected chi connectivity index (χ4v) is 4.03. The Bertz CT molecular complexity index is 1110. The molecule has 1 aromatic heterocycles. The lowest BCUT2D eigenvalue weighted by molar-refractivity contribution is 0.0743. The van der Waals surface area contributed by atoms with Crippen LogP contribution < -0.4 is 4.74 Å². The van der Waals surface area contributed by atoms with Gasteiger partial charge >= 0.3 is 0 Å². The summed E-state index contributed by atoms with van der Waals surface area (Å²) in [6, 6.07) is 10.1. The molecule has 0 radical (unpaired) electrons. The molecule has 3 N–H and O–H groups in total. The van der Waals surface area contributed by atoms with Gasteiger partial charge in [-0.25, -0.2) is 0 Å². The fourth-order valence-electron chi connectivity index (χ4n) is 4.03. The second kappa shape index (κ2) is 7.74. The molecule has 0 aliphatic carbocycles. The first-order chi connectivity index (χ1) is 14.5. The Morgan fingerprint density at radius 3 is 2.63 bits per heavy atom. The van der Waals surface area contributed by atoms with Crippen LogP contribution in [0.1, 0.15) is 53.5 Å². The normalized spacial score (nSPS) is 15.5. The van der Waals surface area contributed by atoms with Crippen LogP contribution in [-0.2, 0) is 0 Å². The van der Waals surface area contributed by atoms with E-state index in [1.165, 1.54) is 0 Å². The molecule has 156 valence electrons. The second-order valence-electron chi connectivity index (χ2n) is 7.44. The molecule has 0 spiro atoms. The quantitative estimate of drug-likeness (QED) is 0.570. The zero-order chi connectivity index (χ0) is 21.4. The van der Waals surface area contributed by atoms with Crippen LogP contribution in [0.4, 0.5) is 0 Å². The van der Waals surface area contributed by atoms with E-state index < -0.39 is 6.04 Å². The summed E-state index contributed by atoms with van der Waals surface area (Å²) in [5, 5.41) is 27.9. The molecule has 0 bridgehead atoms. The minimum atomic E-state index is -0.402. The predicted octanol–water partition coefficient (Wildman–Crippen LogP) is 4.15. The van der Waals surface area contributed by atoms with Crippen molar-refractivity contribution >= 4 is 5.91 Å². The van der Waals surface area contributed by atoms with E-state index in [2.05, 4.69) is 10.2 Å². The number of hydrogen-bond donors (Lipinski definition) is 3. The summed E-state index contributed by atoms with van der Waals surface area (Å²) in [4.78, 5) is 14.9. The number of ether oxygens (including phenoxy) is 1. The summed E-state index contributed by atoms with van der Waals surface area (Å²) >= 11 is 0. The Kier molecular flexibility index (Phi) is 5.11. The molecule has 2 aromatic carbocycles. The van der Waals surface area contributed by atoms with Crippen molar-refractivity contribution in [3.8, 4) is 28.5 Å². The van der Waals surface area contributed by atoms with Crippen LogP contribution in [0.25, 0.3) is 11.3 Å². The molecule has 1 atom stereocenters. The monoisotopic (exact) mass is 407 g/mol. The Morgan fingerprint density at radius 2 is 1.90 bits per heavy atom. The Hall–Kier alpha value is -3.48. The minimum Gasteiger partial charge on any atom is -0.507 e. The van der Waals surface area contributed by atoms with Crippen LogP contribution >= 0.6 is 0 Å². The van der Waals surface area contributed by atoms with Gasteiger partial charge in [0.05, 0.1) is 12.6 Å². The van der Waals surface area contributed by atoms with Crippen molar-refractivity contribution in [3.05, 3.63) is 58.8 Å². The third kappa shape index (κ3) is 3.16. The number of aromatic amines is 1. The van der Waals surface area contributed by atoms with Crippen molar-refractivity contribution < 1.29 is 19.7 Å². The van der Waals surface area contributed by atoms with E-state index in [9.17, 15) is 15.0 Å². The molecule has 7 nitrogen and oxygen atoms in total. The van der Waals surface area contributed by atoms with Crippen LogP contribution in [0, 0.1) is 6.92 Å². The van der Waals surface area contributed by atoms with Crippen molar-refractivity contribution in [2.24, 2.45) is 0 Å². The maximum Gasteiger partial charge on any atom is 0.273 e. The van der Waals surface area contributed by atoms with E-state index in [1.807, 2.05) is 32.9 Å². The first-order valence-electron chi connectivity index (χ1n) is 10.1. The molecule has 4 rings (SSSR count). The molecule has 2 heterocycles. The summed E-state index contributed by atoms with van der Waals surface area (Å²) in [6.45, 7) is 6.79. The number of carbonyl (C=O) groups excluding carboxylic acids is 1. The highest BCUT2D eigenvalue weighted by Crippen LogP contribution is 2.45. The minimum absolute atomic E-state index is 0.0518. The van der Waals surface area contributed by atoms with Crippen LogP contribution in [0.3, 0.4) is 0 Å². The predicted molar refractivity (Wildman–Crippen MR) is 113 cm³/mol. The highest BCUT2D eigenvalue weighted by Gasteiger charge is 2.42. The molecule has 7 heteroatoms. The molecule has 1 amide bonds. The average molecular weight is 407 g/mol. The number of nitrogens with one attached hydrogen (secondary N) is 1. The van der Waals surface area contributed by atoms with Gasteiger partial charge in [0.1, 0.15) is 17.1 Å². The van der Waals surface area contributed by atoms with E-state index in [4.69, 9.17) is 4.74 Å². The average Bonchev–Trinajstić information content (AvgIpc) is 3.26. The van der Waals surface area contributed by atoms with E-state index in [0.717, 1.165) is 23.1 Å². The fraction of sp³-hybridized carbons (Fsp3) is 0.304. The number of fused-ring (bicyclic) bond motifs is 1. The smallest absolute Gasteiger partial charge is 0.273 e. The van der Waals surface area contributed by atoms with Crippen molar-refractivity contribution in [3.63, 3.8) is 0 Å². The van der Waals surface area contributed by atoms with Gasteiger partial charge in [-0.3, -0.25) is 9.89 Å². The van der Waals surface area contributed by atoms with E-state index in [1.54, 1.807) is 29.2 Å². The van der Waals surface area contributed by atoms with E-state index >= 15 is 0 Å². The number of rotatable bonds is 6. The summed E-state index contributed by atoms with van der Waals surface area (Å²) in [5.41, 5.74) is 4.07. The van der Waals surface area contributed by atoms with Gasteiger partial charge in [0.2, 0.25) is 0 Å². The number of aryl methyl sites for hydroxylation is 1. The van der Waals surface area contributed by atoms with Gasteiger partial charge in [-0.05, 0) is 50.1 Å². The van der Waals surface area contributed by atoms with E-state index in [0.29, 0.717) is 35.9 Å². The van der Waals surface area contributed by atoms with Crippen LogP contribution in [-0.4, -0.2) is 44.4 Å². The van der Waals surface area contributed by atoms with Gasteiger partial charge in [0.15, 0.2) is 11.5 Å². The highest BCUT2D eigenvalue weighted by atomic mass is 16.5. The maximum absolute atomic E-state index is 13.2. The number of nitrogens with zero attached hydrogens (tertiary/aromatic N) is 2. The molecular weight excluding hydrogens is 382 g/mol. The molecule has 3 aromatic rings. The van der Waals surface area contributed by atoms with Crippen LogP contribution in [0.5, 0.6) is 17.2 Å².